The fraction of sp³-hybridized carbons (Fsp3) is 0.333. The van der Waals surface area contributed by atoms with Crippen LogP contribution in [0.3, 0.4) is 0 Å². The molecule has 0 fully saturated rings. The van der Waals surface area contributed by atoms with Crippen LogP contribution in [0.4, 0.5) is 5.13 Å². The van der Waals surface area contributed by atoms with Gasteiger partial charge >= 0.3 is 0 Å². The molecular weight excluding hydrogens is 298 g/mol. The van der Waals surface area contributed by atoms with Crippen LogP contribution in [0.1, 0.15) is 17.5 Å². The number of hydrogen-bond acceptors (Lipinski definition) is 6. The molecular formula is C12H15N3O3S2. The highest BCUT2D eigenvalue weighted by Crippen LogP contribution is 2.20. The molecule has 0 atom stereocenters. The van der Waals surface area contributed by atoms with E-state index in [1.54, 1.807) is 24.3 Å². The fourth-order valence-corrected chi connectivity index (χ4v) is 3.34. The van der Waals surface area contributed by atoms with Crippen LogP contribution in [0.25, 0.3) is 0 Å². The summed E-state index contributed by atoms with van der Waals surface area (Å²) in [5.41, 5.74) is 0.999. The van der Waals surface area contributed by atoms with Gasteiger partial charge in [0, 0.05) is 6.61 Å². The van der Waals surface area contributed by atoms with E-state index in [0.29, 0.717) is 18.2 Å². The van der Waals surface area contributed by atoms with Gasteiger partial charge in [-0.2, -0.15) is 0 Å². The molecule has 2 rings (SSSR count). The fourth-order valence-electron chi connectivity index (χ4n) is 1.43. The smallest absolute Gasteiger partial charge is 0.263 e. The van der Waals surface area contributed by atoms with E-state index in [-0.39, 0.29) is 10.0 Å². The number of anilines is 1. The lowest BCUT2D eigenvalue weighted by atomic mass is 10.2. The molecule has 1 heterocycles. The number of rotatable bonds is 6. The van der Waals surface area contributed by atoms with E-state index in [0.717, 1.165) is 16.9 Å². The summed E-state index contributed by atoms with van der Waals surface area (Å²) >= 11 is 1.16. The number of aromatic nitrogens is 2. The van der Waals surface area contributed by atoms with Crippen LogP contribution in [-0.2, 0) is 21.4 Å². The Morgan fingerprint density at radius 3 is 2.60 bits per heavy atom. The maximum atomic E-state index is 12.1. The van der Waals surface area contributed by atoms with Crippen LogP contribution >= 0.6 is 11.3 Å². The molecule has 0 saturated carbocycles. The number of nitrogens with zero attached hydrogens (tertiary/aromatic N) is 2. The van der Waals surface area contributed by atoms with E-state index in [1.165, 1.54) is 0 Å². The minimum absolute atomic E-state index is 0.199. The van der Waals surface area contributed by atoms with Gasteiger partial charge in [-0.25, -0.2) is 8.42 Å². The van der Waals surface area contributed by atoms with E-state index in [1.807, 2.05) is 13.8 Å². The van der Waals surface area contributed by atoms with Gasteiger partial charge in [-0.3, -0.25) is 4.72 Å². The van der Waals surface area contributed by atoms with Gasteiger partial charge in [0.05, 0.1) is 4.90 Å². The van der Waals surface area contributed by atoms with Crippen molar-refractivity contribution in [2.24, 2.45) is 0 Å². The summed E-state index contributed by atoms with van der Waals surface area (Å²) in [7, 11) is -3.62. The minimum Gasteiger partial charge on any atom is -0.374 e. The molecule has 0 spiro atoms. The molecule has 0 aliphatic heterocycles. The lowest BCUT2D eigenvalue weighted by Gasteiger charge is -2.04. The third-order valence-electron chi connectivity index (χ3n) is 2.45. The summed E-state index contributed by atoms with van der Waals surface area (Å²) in [6.45, 7) is 4.68. The maximum Gasteiger partial charge on any atom is 0.263 e. The first-order valence-corrected chi connectivity index (χ1v) is 8.31. The third kappa shape index (κ3) is 3.75. The van der Waals surface area contributed by atoms with E-state index in [9.17, 15) is 8.42 Å². The summed E-state index contributed by atoms with van der Waals surface area (Å²) in [5.74, 6) is 0. The average molecular weight is 313 g/mol. The van der Waals surface area contributed by atoms with Crippen LogP contribution < -0.4 is 4.72 Å². The molecule has 108 valence electrons. The van der Waals surface area contributed by atoms with Gasteiger partial charge in [0.25, 0.3) is 10.0 Å². The highest BCUT2D eigenvalue weighted by atomic mass is 32.2. The van der Waals surface area contributed by atoms with Crippen molar-refractivity contribution in [2.75, 3.05) is 11.3 Å². The van der Waals surface area contributed by atoms with Crippen molar-refractivity contribution in [3.63, 3.8) is 0 Å². The zero-order chi connectivity index (χ0) is 14.6. The van der Waals surface area contributed by atoms with E-state index in [4.69, 9.17) is 4.74 Å². The van der Waals surface area contributed by atoms with Gasteiger partial charge in [-0.05, 0) is 26.0 Å². The Bertz CT molecular complexity index is 666. The van der Waals surface area contributed by atoms with Crippen molar-refractivity contribution >= 4 is 26.5 Å². The lowest BCUT2D eigenvalue weighted by molar-refractivity contribution is 0.133. The normalized spacial score (nSPS) is 11.5. The monoisotopic (exact) mass is 313 g/mol. The Balaban J connectivity index is 2.12. The van der Waals surface area contributed by atoms with Gasteiger partial charge in [0.15, 0.2) is 0 Å². The number of hydrogen-bond donors (Lipinski definition) is 1. The summed E-state index contributed by atoms with van der Waals surface area (Å²) in [4.78, 5) is 0.199. The first-order valence-electron chi connectivity index (χ1n) is 6.01. The van der Waals surface area contributed by atoms with Crippen molar-refractivity contribution in [3.8, 4) is 0 Å². The Morgan fingerprint density at radius 1 is 1.25 bits per heavy atom. The zero-order valence-corrected chi connectivity index (χ0v) is 12.8. The molecule has 0 bridgehead atoms. The molecule has 0 unspecified atom stereocenters. The largest absolute Gasteiger partial charge is 0.374 e. The first kappa shape index (κ1) is 14.9. The SMILES string of the molecule is CCOCc1nnc(NS(=O)(=O)c2ccc(C)cc2)s1. The van der Waals surface area contributed by atoms with E-state index in [2.05, 4.69) is 14.9 Å². The predicted molar refractivity (Wildman–Crippen MR) is 77.2 cm³/mol. The lowest BCUT2D eigenvalue weighted by Crippen LogP contribution is -2.12. The quantitative estimate of drug-likeness (QED) is 0.884. The molecule has 8 heteroatoms. The number of nitrogens with one attached hydrogen (secondary N) is 1. The maximum absolute atomic E-state index is 12.1. The van der Waals surface area contributed by atoms with Crippen molar-refractivity contribution in [2.45, 2.75) is 25.3 Å². The number of sulfonamides is 1. The molecule has 0 aliphatic rings. The predicted octanol–water partition coefficient (Wildman–Crippen LogP) is 2.18. The second kappa shape index (κ2) is 6.29. The number of benzene rings is 1. The molecule has 0 saturated heterocycles. The summed E-state index contributed by atoms with van der Waals surface area (Å²) < 4.78 is 31.9. The van der Waals surface area contributed by atoms with Crippen molar-refractivity contribution in [1.82, 2.24) is 10.2 Å². The van der Waals surface area contributed by atoms with Crippen molar-refractivity contribution in [3.05, 3.63) is 34.8 Å². The number of aryl methyl sites for hydroxylation is 1. The Hall–Kier alpha value is -1.51. The van der Waals surface area contributed by atoms with Crippen LogP contribution in [0.15, 0.2) is 29.2 Å². The van der Waals surface area contributed by atoms with Gasteiger partial charge in [0.1, 0.15) is 11.6 Å². The molecule has 1 aromatic carbocycles. The topological polar surface area (TPSA) is 81.2 Å². The summed E-state index contributed by atoms with van der Waals surface area (Å²) in [6.07, 6.45) is 0. The molecule has 6 nitrogen and oxygen atoms in total. The average Bonchev–Trinajstić information content (AvgIpc) is 2.83. The van der Waals surface area contributed by atoms with E-state index >= 15 is 0 Å². The molecule has 2 aromatic rings. The highest BCUT2D eigenvalue weighted by Gasteiger charge is 2.16. The standard InChI is InChI=1S/C12H15N3O3S2/c1-3-18-8-11-13-14-12(19-11)15-20(16,17)10-6-4-9(2)5-7-10/h4-7H,3,8H2,1-2H3,(H,14,15). The number of ether oxygens (including phenoxy) is 1. The van der Waals surface area contributed by atoms with Gasteiger partial charge in [-0.15, -0.1) is 10.2 Å². The van der Waals surface area contributed by atoms with Gasteiger partial charge in [-0.1, -0.05) is 29.0 Å². The van der Waals surface area contributed by atoms with Crippen LogP contribution in [0, 0.1) is 6.92 Å². The van der Waals surface area contributed by atoms with Crippen LogP contribution in [0.2, 0.25) is 0 Å². The molecule has 1 N–H and O–H groups in total. The Labute approximate surface area is 121 Å². The molecule has 1 aromatic heterocycles. The van der Waals surface area contributed by atoms with Crippen molar-refractivity contribution < 1.29 is 13.2 Å². The second-order valence-corrected chi connectivity index (χ2v) is 6.80. The van der Waals surface area contributed by atoms with Crippen LogP contribution in [0.5, 0.6) is 0 Å². The summed E-state index contributed by atoms with van der Waals surface area (Å²) in [5, 5.41) is 8.53. The highest BCUT2D eigenvalue weighted by molar-refractivity contribution is 7.93. The first-order chi connectivity index (χ1) is 9.51. The molecule has 0 radical (unpaired) electrons. The molecule has 0 amide bonds. The molecule has 20 heavy (non-hydrogen) atoms. The van der Waals surface area contributed by atoms with Crippen LogP contribution in [-0.4, -0.2) is 25.2 Å². The Morgan fingerprint density at radius 2 is 1.95 bits per heavy atom. The second-order valence-electron chi connectivity index (χ2n) is 4.06. The minimum atomic E-state index is -3.62. The summed E-state index contributed by atoms with van der Waals surface area (Å²) in [6, 6.07) is 6.60. The van der Waals surface area contributed by atoms with Crippen molar-refractivity contribution in [1.29, 1.82) is 0 Å². The van der Waals surface area contributed by atoms with Gasteiger partial charge in [0.2, 0.25) is 5.13 Å². The van der Waals surface area contributed by atoms with E-state index < -0.39 is 10.0 Å². The Kier molecular flexibility index (Phi) is 4.69. The zero-order valence-electron chi connectivity index (χ0n) is 11.2. The molecule has 0 aliphatic carbocycles. The third-order valence-corrected chi connectivity index (χ3v) is 4.75. The van der Waals surface area contributed by atoms with Gasteiger partial charge < -0.3 is 4.74 Å².